The molecule has 0 bridgehead atoms. The van der Waals surface area contributed by atoms with E-state index >= 15 is 0 Å². The maximum atomic E-state index is 2.34. The lowest BCUT2D eigenvalue weighted by atomic mass is 9.83. The first-order valence-corrected chi connectivity index (χ1v) is 19.6. The summed E-state index contributed by atoms with van der Waals surface area (Å²) < 4.78 is 0. The van der Waals surface area contributed by atoms with Crippen LogP contribution in [0.1, 0.15) is 0 Å². The second-order valence-corrected chi connectivity index (χ2v) is 14.5. The summed E-state index contributed by atoms with van der Waals surface area (Å²) in [5, 5.41) is 5.03. The molecule has 10 aromatic rings. The molecule has 1 heteroatoms. The zero-order valence-corrected chi connectivity index (χ0v) is 31.5. The van der Waals surface area contributed by atoms with Crippen molar-refractivity contribution in [2.75, 3.05) is 4.90 Å². The maximum Gasteiger partial charge on any atom is 0.0462 e. The van der Waals surface area contributed by atoms with Gasteiger partial charge in [-0.1, -0.05) is 200 Å². The molecule has 0 aromatic heterocycles. The van der Waals surface area contributed by atoms with Crippen LogP contribution in [-0.4, -0.2) is 0 Å². The van der Waals surface area contributed by atoms with Crippen LogP contribution in [0.15, 0.2) is 237 Å². The molecule has 0 fully saturated rings. The van der Waals surface area contributed by atoms with Gasteiger partial charge in [-0.05, 0) is 114 Å². The second kappa shape index (κ2) is 15.0. The normalized spacial score (nSPS) is 11.2. The molecule has 0 saturated heterocycles. The highest BCUT2D eigenvalue weighted by atomic mass is 15.1. The lowest BCUT2D eigenvalue weighted by Gasteiger charge is -2.26. The van der Waals surface area contributed by atoms with Crippen molar-refractivity contribution in [2.45, 2.75) is 0 Å². The molecule has 0 aliphatic rings. The third-order valence-corrected chi connectivity index (χ3v) is 11.1. The van der Waals surface area contributed by atoms with E-state index in [2.05, 4.69) is 241 Å². The predicted octanol–water partition coefficient (Wildman–Crippen LogP) is 15.8. The first-order chi connectivity index (χ1) is 28.3. The smallest absolute Gasteiger partial charge is 0.0462 e. The first-order valence-electron chi connectivity index (χ1n) is 19.6. The van der Waals surface area contributed by atoms with Gasteiger partial charge in [-0.3, -0.25) is 0 Å². The van der Waals surface area contributed by atoms with Gasteiger partial charge in [0.2, 0.25) is 0 Å². The average Bonchev–Trinajstić information content (AvgIpc) is 3.30. The second-order valence-electron chi connectivity index (χ2n) is 14.5. The quantitative estimate of drug-likeness (QED) is 0.141. The Morgan fingerprint density at radius 1 is 0.211 bits per heavy atom. The van der Waals surface area contributed by atoms with E-state index in [9.17, 15) is 0 Å². The fourth-order valence-corrected chi connectivity index (χ4v) is 8.39. The van der Waals surface area contributed by atoms with Gasteiger partial charge in [0.25, 0.3) is 0 Å². The number of nitrogens with zero attached hydrogens (tertiary/aromatic N) is 1. The van der Waals surface area contributed by atoms with Crippen molar-refractivity contribution in [1.82, 2.24) is 0 Å². The predicted molar refractivity (Wildman–Crippen MR) is 243 cm³/mol. The number of anilines is 3. The summed E-state index contributed by atoms with van der Waals surface area (Å²) in [6.07, 6.45) is 0. The third kappa shape index (κ3) is 6.46. The van der Waals surface area contributed by atoms with E-state index in [-0.39, 0.29) is 0 Å². The van der Waals surface area contributed by atoms with Crippen LogP contribution in [0.5, 0.6) is 0 Å². The molecular formula is C56H39N. The van der Waals surface area contributed by atoms with E-state index in [4.69, 9.17) is 0 Å². The maximum absolute atomic E-state index is 2.34. The Morgan fingerprint density at radius 3 is 1.09 bits per heavy atom. The van der Waals surface area contributed by atoms with Gasteiger partial charge in [-0.2, -0.15) is 0 Å². The van der Waals surface area contributed by atoms with Crippen molar-refractivity contribution in [1.29, 1.82) is 0 Å². The number of fused-ring (bicyclic) bond motifs is 3. The minimum absolute atomic E-state index is 1.10. The fourth-order valence-electron chi connectivity index (χ4n) is 8.39. The van der Waals surface area contributed by atoms with Gasteiger partial charge in [0.15, 0.2) is 0 Å². The van der Waals surface area contributed by atoms with Gasteiger partial charge < -0.3 is 4.90 Å². The topological polar surface area (TPSA) is 3.24 Å². The molecule has 57 heavy (non-hydrogen) atoms. The Balaban J connectivity index is 1.06. The summed E-state index contributed by atoms with van der Waals surface area (Å²) >= 11 is 0. The van der Waals surface area contributed by atoms with Crippen LogP contribution in [0.25, 0.3) is 77.2 Å². The number of benzene rings is 10. The highest BCUT2D eigenvalue weighted by molar-refractivity contribution is 6.25. The molecule has 0 amide bonds. The molecule has 0 spiro atoms. The molecule has 0 heterocycles. The Labute approximate surface area is 334 Å². The van der Waals surface area contributed by atoms with Crippen LogP contribution >= 0.6 is 0 Å². The highest BCUT2D eigenvalue weighted by Gasteiger charge is 2.20. The summed E-state index contributed by atoms with van der Waals surface area (Å²) in [7, 11) is 0. The number of rotatable bonds is 8. The zero-order valence-electron chi connectivity index (χ0n) is 31.5. The molecule has 0 radical (unpaired) electrons. The van der Waals surface area contributed by atoms with Gasteiger partial charge in [0.1, 0.15) is 0 Å². The van der Waals surface area contributed by atoms with Gasteiger partial charge in [-0.25, -0.2) is 0 Å². The molecule has 10 rings (SSSR count). The Hall–Kier alpha value is -7.48. The lowest BCUT2D eigenvalue weighted by Crippen LogP contribution is -2.09. The monoisotopic (exact) mass is 725 g/mol. The summed E-state index contributed by atoms with van der Waals surface area (Å²) in [5.74, 6) is 0. The van der Waals surface area contributed by atoms with Crippen LogP contribution in [-0.2, 0) is 0 Å². The van der Waals surface area contributed by atoms with Crippen LogP contribution < -0.4 is 4.90 Å². The van der Waals surface area contributed by atoms with E-state index in [0.717, 1.165) is 17.1 Å². The number of hydrogen-bond donors (Lipinski definition) is 0. The Morgan fingerprint density at radius 2 is 0.561 bits per heavy atom. The first kappa shape index (κ1) is 34.0. The summed E-state index contributed by atoms with van der Waals surface area (Å²) in [4.78, 5) is 2.34. The zero-order chi connectivity index (χ0) is 38.0. The molecule has 0 aliphatic heterocycles. The molecule has 268 valence electrons. The largest absolute Gasteiger partial charge is 0.311 e. The van der Waals surface area contributed by atoms with Gasteiger partial charge in [0.05, 0.1) is 0 Å². The highest BCUT2D eigenvalue weighted by Crippen LogP contribution is 2.47. The number of hydrogen-bond acceptors (Lipinski definition) is 1. The Kier molecular flexibility index (Phi) is 8.95. The standard InChI is InChI=1S/C56H39N/c1-5-16-40(17-6-1)41-28-30-42(31-29-41)43-32-36-48(37-33-43)57(47-22-11-4-12-23-47)49-38-34-44(35-39-49)50-26-15-27-53-55(46-20-9-3-10-21-46)54(45-18-7-2-8-19-45)51-24-13-14-25-52(51)56(50)53/h1-39H. The molecule has 0 N–H and O–H groups in total. The fraction of sp³-hybridized carbons (Fsp3) is 0. The Bertz CT molecular complexity index is 2940. The van der Waals surface area contributed by atoms with Crippen LogP contribution in [0.3, 0.4) is 0 Å². The van der Waals surface area contributed by atoms with Gasteiger partial charge >= 0.3 is 0 Å². The summed E-state index contributed by atoms with van der Waals surface area (Å²) in [5.41, 5.74) is 15.5. The SMILES string of the molecule is c1ccc(-c2ccc(-c3ccc(N(c4ccccc4)c4ccc(-c5cccc6c(-c7ccccc7)c(-c7ccccc7)c7ccccc7c56)cc4)cc3)cc2)cc1. The van der Waals surface area contributed by atoms with Crippen LogP contribution in [0, 0.1) is 0 Å². The summed E-state index contributed by atoms with van der Waals surface area (Å²) in [6, 6.07) is 85.4. The van der Waals surface area contributed by atoms with Crippen LogP contribution in [0.4, 0.5) is 17.1 Å². The van der Waals surface area contributed by atoms with E-state index in [1.54, 1.807) is 0 Å². The molecule has 1 nitrogen and oxygen atoms in total. The van der Waals surface area contributed by atoms with Gasteiger partial charge in [0, 0.05) is 17.1 Å². The van der Waals surface area contributed by atoms with E-state index in [0.29, 0.717) is 0 Å². The summed E-state index contributed by atoms with van der Waals surface area (Å²) in [6.45, 7) is 0. The molecule has 10 aromatic carbocycles. The molecule has 0 saturated carbocycles. The molecular weight excluding hydrogens is 687 g/mol. The van der Waals surface area contributed by atoms with Crippen LogP contribution in [0.2, 0.25) is 0 Å². The van der Waals surface area contributed by atoms with E-state index in [1.165, 1.54) is 77.2 Å². The lowest BCUT2D eigenvalue weighted by molar-refractivity contribution is 1.28. The van der Waals surface area contributed by atoms with Crippen molar-refractivity contribution in [3.05, 3.63) is 237 Å². The van der Waals surface area contributed by atoms with E-state index in [1.807, 2.05) is 0 Å². The van der Waals surface area contributed by atoms with Crippen molar-refractivity contribution < 1.29 is 0 Å². The van der Waals surface area contributed by atoms with Crippen molar-refractivity contribution in [3.8, 4) is 55.6 Å². The van der Waals surface area contributed by atoms with Crippen molar-refractivity contribution in [3.63, 3.8) is 0 Å². The minimum Gasteiger partial charge on any atom is -0.311 e. The molecule has 0 aliphatic carbocycles. The third-order valence-electron chi connectivity index (χ3n) is 11.1. The minimum atomic E-state index is 1.10. The number of para-hydroxylation sites is 1. The van der Waals surface area contributed by atoms with Crippen molar-refractivity contribution in [2.24, 2.45) is 0 Å². The van der Waals surface area contributed by atoms with Crippen molar-refractivity contribution >= 4 is 38.6 Å². The molecule has 0 atom stereocenters. The molecule has 0 unspecified atom stereocenters. The van der Waals surface area contributed by atoms with E-state index < -0.39 is 0 Å². The average molecular weight is 726 g/mol. The van der Waals surface area contributed by atoms with Gasteiger partial charge in [-0.15, -0.1) is 0 Å².